The highest BCUT2D eigenvalue weighted by Gasteiger charge is 2.12. The maximum Gasteiger partial charge on any atom is 0.142 e. The molecule has 1 unspecified atom stereocenters. The van der Waals surface area contributed by atoms with Gasteiger partial charge in [-0.1, -0.05) is 17.7 Å². The van der Waals surface area contributed by atoms with E-state index in [4.69, 9.17) is 11.6 Å². The Kier molecular flexibility index (Phi) is 4.69. The van der Waals surface area contributed by atoms with E-state index < -0.39 is 5.82 Å². The summed E-state index contributed by atoms with van der Waals surface area (Å²) < 4.78 is 14.7. The van der Waals surface area contributed by atoms with E-state index in [9.17, 15) is 9.50 Å². The summed E-state index contributed by atoms with van der Waals surface area (Å²) in [5.41, 5.74) is 2.66. The van der Waals surface area contributed by atoms with Gasteiger partial charge >= 0.3 is 0 Å². The number of nitrogens with zero attached hydrogens (tertiary/aromatic N) is 1. The van der Waals surface area contributed by atoms with Crippen LogP contribution in [0.15, 0.2) is 41.9 Å². The normalized spacial score (nSPS) is 12.7. The van der Waals surface area contributed by atoms with Crippen molar-refractivity contribution in [2.45, 2.75) is 12.6 Å². The zero-order valence-corrected chi connectivity index (χ0v) is 13.2. The first kappa shape index (κ1) is 15.4. The van der Waals surface area contributed by atoms with Crippen LogP contribution in [0.2, 0.25) is 5.02 Å². The van der Waals surface area contributed by atoms with Crippen LogP contribution >= 0.6 is 22.9 Å². The molecule has 0 aliphatic rings. The van der Waals surface area contributed by atoms with E-state index in [2.05, 4.69) is 16.4 Å². The molecule has 0 aliphatic heterocycles. The number of pyridine rings is 1. The number of aromatic nitrogens is 1. The van der Waals surface area contributed by atoms with Crippen molar-refractivity contribution in [2.24, 2.45) is 0 Å². The molecule has 0 saturated heterocycles. The van der Waals surface area contributed by atoms with Crippen molar-refractivity contribution in [1.82, 2.24) is 10.3 Å². The Balaban J connectivity index is 1.73. The van der Waals surface area contributed by atoms with Gasteiger partial charge < -0.3 is 10.4 Å². The second-order valence-corrected chi connectivity index (χ2v) is 6.29. The highest BCUT2D eigenvalue weighted by molar-refractivity contribution is 7.17. The Morgan fingerprint density at radius 2 is 2.18 bits per heavy atom. The molecule has 2 N–H and O–H groups in total. The number of hydrogen-bond donors (Lipinski definition) is 2. The van der Waals surface area contributed by atoms with Crippen LogP contribution in [0.5, 0.6) is 0 Å². The summed E-state index contributed by atoms with van der Waals surface area (Å²) in [4.78, 5) is 4.37. The molecule has 22 heavy (non-hydrogen) atoms. The third-order valence-corrected chi connectivity index (χ3v) is 4.60. The Bertz CT molecular complexity index is 793. The van der Waals surface area contributed by atoms with Crippen molar-refractivity contribution in [3.63, 3.8) is 0 Å². The van der Waals surface area contributed by atoms with Crippen molar-refractivity contribution in [3.8, 4) is 0 Å². The van der Waals surface area contributed by atoms with Gasteiger partial charge in [0.15, 0.2) is 0 Å². The number of hydrogen-bond acceptors (Lipinski definition) is 4. The van der Waals surface area contributed by atoms with Gasteiger partial charge in [0.2, 0.25) is 0 Å². The standard InChI is InChI=1S/C16H14ClFN2OS/c17-12-2-1-11(6-13(12)18)15(9-21)20-8-10-5-16-14(19-7-10)3-4-22-16/h1-7,15,20-21H,8-9H2. The van der Waals surface area contributed by atoms with Gasteiger partial charge in [-0.05, 0) is 40.8 Å². The van der Waals surface area contributed by atoms with Gasteiger partial charge in [0.1, 0.15) is 5.82 Å². The molecule has 3 rings (SSSR count). The van der Waals surface area contributed by atoms with Crippen LogP contribution in [0, 0.1) is 5.82 Å². The van der Waals surface area contributed by atoms with Crippen LogP contribution in [0.3, 0.4) is 0 Å². The van der Waals surface area contributed by atoms with Gasteiger partial charge in [-0.2, -0.15) is 0 Å². The number of rotatable bonds is 5. The summed E-state index contributed by atoms with van der Waals surface area (Å²) >= 11 is 7.32. The number of aliphatic hydroxyl groups is 1. The number of benzene rings is 1. The van der Waals surface area contributed by atoms with Gasteiger partial charge in [0, 0.05) is 12.7 Å². The summed E-state index contributed by atoms with van der Waals surface area (Å²) in [6.07, 6.45) is 1.80. The second-order valence-electron chi connectivity index (χ2n) is 4.94. The predicted molar refractivity (Wildman–Crippen MR) is 87.7 cm³/mol. The highest BCUT2D eigenvalue weighted by Crippen LogP contribution is 2.22. The molecule has 0 saturated carbocycles. The van der Waals surface area contributed by atoms with Crippen molar-refractivity contribution in [2.75, 3.05) is 6.61 Å². The smallest absolute Gasteiger partial charge is 0.142 e. The molecule has 0 aliphatic carbocycles. The monoisotopic (exact) mass is 336 g/mol. The highest BCUT2D eigenvalue weighted by atomic mass is 35.5. The lowest BCUT2D eigenvalue weighted by Gasteiger charge is -2.17. The third-order valence-electron chi connectivity index (χ3n) is 3.44. The summed E-state index contributed by atoms with van der Waals surface area (Å²) in [7, 11) is 0. The summed E-state index contributed by atoms with van der Waals surface area (Å²) in [5, 5.41) is 14.8. The number of fused-ring (bicyclic) bond motifs is 1. The van der Waals surface area contributed by atoms with Gasteiger partial charge in [0.25, 0.3) is 0 Å². The van der Waals surface area contributed by atoms with Crippen LogP contribution in [-0.2, 0) is 6.54 Å². The van der Waals surface area contributed by atoms with E-state index in [1.165, 1.54) is 12.1 Å². The molecule has 2 aromatic heterocycles. The van der Waals surface area contributed by atoms with Crippen molar-refractivity contribution < 1.29 is 9.50 Å². The van der Waals surface area contributed by atoms with Crippen molar-refractivity contribution >= 4 is 33.2 Å². The number of nitrogens with one attached hydrogen (secondary N) is 1. The molecule has 3 nitrogen and oxygen atoms in total. The van der Waals surface area contributed by atoms with E-state index in [1.54, 1.807) is 23.6 Å². The molecule has 0 fully saturated rings. The van der Waals surface area contributed by atoms with E-state index in [1.807, 2.05) is 11.4 Å². The Hall–Kier alpha value is -1.53. The van der Waals surface area contributed by atoms with Crippen molar-refractivity contribution in [1.29, 1.82) is 0 Å². The van der Waals surface area contributed by atoms with Crippen LogP contribution in [0.1, 0.15) is 17.2 Å². The zero-order chi connectivity index (χ0) is 15.5. The first-order valence-corrected chi connectivity index (χ1v) is 8.04. The maximum atomic E-state index is 13.5. The molecule has 0 bridgehead atoms. The minimum Gasteiger partial charge on any atom is -0.394 e. The molecular weight excluding hydrogens is 323 g/mol. The molecular formula is C16H14ClFN2OS. The second kappa shape index (κ2) is 6.71. The SMILES string of the molecule is OCC(NCc1cnc2ccsc2c1)c1ccc(Cl)c(F)c1. The van der Waals surface area contributed by atoms with E-state index in [-0.39, 0.29) is 17.7 Å². The fraction of sp³-hybridized carbons (Fsp3) is 0.188. The fourth-order valence-corrected chi connectivity index (χ4v) is 3.16. The molecule has 2 heterocycles. The van der Waals surface area contributed by atoms with Crippen LogP contribution in [0.25, 0.3) is 10.2 Å². The first-order valence-electron chi connectivity index (χ1n) is 6.78. The first-order chi connectivity index (χ1) is 10.7. The average Bonchev–Trinajstić information content (AvgIpc) is 2.99. The molecule has 1 atom stereocenters. The average molecular weight is 337 g/mol. The zero-order valence-electron chi connectivity index (χ0n) is 11.6. The van der Waals surface area contributed by atoms with Crippen LogP contribution in [-0.4, -0.2) is 16.7 Å². The van der Waals surface area contributed by atoms with Crippen LogP contribution in [0.4, 0.5) is 4.39 Å². The Morgan fingerprint density at radius 1 is 1.32 bits per heavy atom. The van der Waals surface area contributed by atoms with E-state index >= 15 is 0 Å². The number of thiophene rings is 1. The van der Waals surface area contributed by atoms with Crippen molar-refractivity contribution in [3.05, 3.63) is 63.9 Å². The minimum absolute atomic E-state index is 0.0767. The molecule has 3 aromatic rings. The maximum absolute atomic E-state index is 13.5. The number of halogens is 2. The van der Waals surface area contributed by atoms with E-state index in [0.29, 0.717) is 12.1 Å². The van der Waals surface area contributed by atoms with Gasteiger partial charge in [-0.3, -0.25) is 4.98 Å². The largest absolute Gasteiger partial charge is 0.394 e. The lowest BCUT2D eigenvalue weighted by Crippen LogP contribution is -2.24. The predicted octanol–water partition coefficient (Wildman–Crippen LogP) is 3.91. The van der Waals surface area contributed by atoms with Crippen LogP contribution < -0.4 is 5.32 Å². The molecule has 6 heteroatoms. The molecule has 1 aromatic carbocycles. The van der Waals surface area contributed by atoms with E-state index in [0.717, 1.165) is 15.8 Å². The number of aliphatic hydroxyl groups excluding tert-OH is 1. The lowest BCUT2D eigenvalue weighted by atomic mass is 10.1. The minimum atomic E-state index is -0.485. The fourth-order valence-electron chi connectivity index (χ4n) is 2.24. The molecule has 114 valence electrons. The third kappa shape index (κ3) is 3.28. The van der Waals surface area contributed by atoms with Gasteiger partial charge in [0.05, 0.1) is 27.9 Å². The Labute approximate surface area is 136 Å². The summed E-state index contributed by atoms with van der Waals surface area (Å²) in [6, 6.07) is 8.24. The topological polar surface area (TPSA) is 45.1 Å². The lowest BCUT2D eigenvalue weighted by molar-refractivity contribution is 0.243. The molecule has 0 radical (unpaired) electrons. The molecule has 0 spiro atoms. The quantitative estimate of drug-likeness (QED) is 0.742. The summed E-state index contributed by atoms with van der Waals surface area (Å²) in [6.45, 7) is 0.409. The van der Waals surface area contributed by atoms with Gasteiger partial charge in [-0.15, -0.1) is 11.3 Å². The summed E-state index contributed by atoms with van der Waals surface area (Å²) in [5.74, 6) is -0.485. The van der Waals surface area contributed by atoms with Gasteiger partial charge in [-0.25, -0.2) is 4.39 Å². The molecule has 0 amide bonds. The Morgan fingerprint density at radius 3 is 2.95 bits per heavy atom.